The van der Waals surface area contributed by atoms with Gasteiger partial charge in [0.25, 0.3) is 0 Å². The van der Waals surface area contributed by atoms with Gasteiger partial charge in [-0.2, -0.15) is 0 Å². The second kappa shape index (κ2) is 6.29. The van der Waals surface area contributed by atoms with Crippen LogP contribution in [0.3, 0.4) is 0 Å². The number of nitrogens with zero attached hydrogens (tertiary/aromatic N) is 1. The van der Waals surface area contributed by atoms with Gasteiger partial charge in [0.05, 0.1) is 5.52 Å². The van der Waals surface area contributed by atoms with Crippen LogP contribution in [0.25, 0.3) is 10.9 Å². The molecule has 0 spiro atoms. The van der Waals surface area contributed by atoms with Gasteiger partial charge in [-0.25, -0.2) is 4.98 Å². The molecule has 2 aliphatic rings. The zero-order valence-corrected chi connectivity index (χ0v) is 13.1. The number of nitrogens with one attached hydrogen (secondary N) is 2. The highest BCUT2D eigenvalue weighted by molar-refractivity contribution is 5.82. The highest BCUT2D eigenvalue weighted by atomic mass is 16.5. The summed E-state index contributed by atoms with van der Waals surface area (Å²) in [5, 5.41) is 4.79. The summed E-state index contributed by atoms with van der Waals surface area (Å²) in [6.45, 7) is 1.71. The van der Waals surface area contributed by atoms with E-state index in [-0.39, 0.29) is 0 Å². The van der Waals surface area contributed by atoms with E-state index in [1.807, 2.05) is 6.20 Å². The first-order chi connectivity index (χ1) is 10.9. The summed E-state index contributed by atoms with van der Waals surface area (Å²) in [5.41, 5.74) is 2.62. The lowest BCUT2D eigenvalue weighted by atomic mass is 9.87. The molecule has 0 atom stereocenters. The molecule has 2 aromatic rings. The molecule has 22 heavy (non-hydrogen) atoms. The third-order valence-electron chi connectivity index (χ3n) is 5.14. The van der Waals surface area contributed by atoms with Crippen LogP contribution >= 0.6 is 0 Å². The molecule has 2 N–H and O–H groups in total. The van der Waals surface area contributed by atoms with E-state index in [0.29, 0.717) is 12.0 Å². The summed E-state index contributed by atoms with van der Waals surface area (Å²) in [6, 6.07) is 4.96. The largest absolute Gasteiger partial charge is 0.381 e. The van der Waals surface area contributed by atoms with Crippen molar-refractivity contribution in [2.24, 2.45) is 0 Å². The van der Waals surface area contributed by atoms with Gasteiger partial charge in [0.15, 0.2) is 0 Å². The first kappa shape index (κ1) is 14.1. The molecule has 0 radical (unpaired) electrons. The number of aromatic amines is 1. The Bertz CT molecular complexity index is 624. The Morgan fingerprint density at radius 3 is 2.68 bits per heavy atom. The van der Waals surface area contributed by atoms with Gasteiger partial charge >= 0.3 is 0 Å². The normalized spacial score (nSPS) is 21.3. The van der Waals surface area contributed by atoms with Crippen molar-refractivity contribution in [1.82, 2.24) is 9.97 Å². The highest BCUT2D eigenvalue weighted by Crippen LogP contribution is 2.33. The minimum atomic E-state index is 0.492. The standard InChI is InChI=1S/C18H25N3O/c1-2-4-13(5-3-1)16-10-14-12-19-18(11-17(14)21-16)20-15-6-8-22-9-7-15/h10-13,15,21H,1-9H2,(H,19,20). The summed E-state index contributed by atoms with van der Waals surface area (Å²) in [5.74, 6) is 1.70. The molecule has 4 rings (SSSR count). The molecule has 1 aliphatic heterocycles. The van der Waals surface area contributed by atoms with Crippen molar-refractivity contribution < 1.29 is 4.74 Å². The summed E-state index contributed by atoms with van der Waals surface area (Å²) in [7, 11) is 0. The van der Waals surface area contributed by atoms with Gasteiger partial charge in [0, 0.05) is 42.6 Å². The maximum atomic E-state index is 5.41. The Labute approximate surface area is 131 Å². The van der Waals surface area contributed by atoms with Crippen molar-refractivity contribution in [3.8, 4) is 0 Å². The minimum Gasteiger partial charge on any atom is -0.381 e. The molecule has 4 nitrogen and oxygen atoms in total. The van der Waals surface area contributed by atoms with Crippen molar-refractivity contribution in [1.29, 1.82) is 0 Å². The number of aromatic nitrogens is 2. The quantitative estimate of drug-likeness (QED) is 0.893. The lowest BCUT2D eigenvalue weighted by molar-refractivity contribution is 0.0904. The monoisotopic (exact) mass is 299 g/mol. The molecule has 2 aromatic heterocycles. The molecule has 2 fully saturated rings. The lowest BCUT2D eigenvalue weighted by Crippen LogP contribution is -2.28. The Hall–Kier alpha value is -1.55. The van der Waals surface area contributed by atoms with Crippen LogP contribution in [0.1, 0.15) is 56.6 Å². The summed E-state index contributed by atoms with van der Waals surface area (Å²) >= 11 is 0. The first-order valence-corrected chi connectivity index (χ1v) is 8.71. The molecule has 0 aromatic carbocycles. The van der Waals surface area contributed by atoms with Crippen molar-refractivity contribution in [2.75, 3.05) is 18.5 Å². The average molecular weight is 299 g/mol. The number of hydrogen-bond acceptors (Lipinski definition) is 3. The number of hydrogen-bond donors (Lipinski definition) is 2. The fourth-order valence-electron chi connectivity index (χ4n) is 3.81. The third kappa shape index (κ3) is 2.98. The van der Waals surface area contributed by atoms with Crippen molar-refractivity contribution in [2.45, 2.75) is 56.9 Å². The molecular formula is C18H25N3O. The van der Waals surface area contributed by atoms with Gasteiger partial charge in [0.1, 0.15) is 5.82 Å². The van der Waals surface area contributed by atoms with Gasteiger partial charge in [-0.1, -0.05) is 19.3 Å². The third-order valence-corrected chi connectivity index (χ3v) is 5.14. The number of rotatable bonds is 3. The lowest BCUT2D eigenvalue weighted by Gasteiger charge is -2.23. The van der Waals surface area contributed by atoms with E-state index < -0.39 is 0 Å². The maximum absolute atomic E-state index is 5.41. The Morgan fingerprint density at radius 1 is 1.05 bits per heavy atom. The molecule has 4 heteroatoms. The predicted molar refractivity (Wildman–Crippen MR) is 89.4 cm³/mol. The summed E-state index contributed by atoms with van der Waals surface area (Å²) in [6.07, 6.45) is 10.9. The highest BCUT2D eigenvalue weighted by Gasteiger charge is 2.18. The molecule has 1 aliphatic carbocycles. The molecule has 1 saturated heterocycles. The Kier molecular flexibility index (Phi) is 4.02. The SMILES string of the molecule is c1nc(NC2CCOCC2)cc2[nH]c(C3CCCCC3)cc12. The van der Waals surface area contributed by atoms with Crippen LogP contribution in [0.4, 0.5) is 5.82 Å². The maximum Gasteiger partial charge on any atom is 0.128 e. The number of fused-ring (bicyclic) bond motifs is 1. The van der Waals surface area contributed by atoms with E-state index in [2.05, 4.69) is 27.4 Å². The van der Waals surface area contributed by atoms with Gasteiger partial charge in [-0.15, -0.1) is 0 Å². The fourth-order valence-corrected chi connectivity index (χ4v) is 3.81. The first-order valence-electron chi connectivity index (χ1n) is 8.71. The molecule has 0 amide bonds. The van der Waals surface area contributed by atoms with E-state index in [1.54, 1.807) is 0 Å². The summed E-state index contributed by atoms with van der Waals surface area (Å²) < 4.78 is 5.41. The van der Waals surface area contributed by atoms with Crippen molar-refractivity contribution >= 4 is 16.7 Å². The van der Waals surface area contributed by atoms with Gasteiger partial charge in [-0.05, 0) is 37.7 Å². The molecule has 1 saturated carbocycles. The van der Waals surface area contributed by atoms with Crippen molar-refractivity contribution in [3.05, 3.63) is 24.0 Å². The number of ether oxygens (including phenoxy) is 1. The van der Waals surface area contributed by atoms with E-state index in [1.165, 1.54) is 48.7 Å². The van der Waals surface area contributed by atoms with Gasteiger partial charge in [0.2, 0.25) is 0 Å². The van der Waals surface area contributed by atoms with Gasteiger partial charge in [-0.3, -0.25) is 0 Å². The molecule has 3 heterocycles. The second-order valence-corrected chi connectivity index (χ2v) is 6.75. The van der Waals surface area contributed by atoms with Crippen LogP contribution in [-0.2, 0) is 4.74 Å². The Morgan fingerprint density at radius 2 is 1.86 bits per heavy atom. The molecule has 118 valence electrons. The summed E-state index contributed by atoms with van der Waals surface area (Å²) in [4.78, 5) is 8.23. The number of pyridine rings is 1. The van der Waals surface area contributed by atoms with Crippen LogP contribution in [-0.4, -0.2) is 29.2 Å². The smallest absolute Gasteiger partial charge is 0.128 e. The Balaban J connectivity index is 1.52. The zero-order chi connectivity index (χ0) is 14.8. The van der Waals surface area contributed by atoms with Crippen LogP contribution < -0.4 is 5.32 Å². The van der Waals surface area contributed by atoms with Crippen LogP contribution in [0, 0.1) is 0 Å². The van der Waals surface area contributed by atoms with Crippen molar-refractivity contribution in [3.63, 3.8) is 0 Å². The molecule has 0 unspecified atom stereocenters. The average Bonchev–Trinajstić information content (AvgIpc) is 3.00. The topological polar surface area (TPSA) is 49.9 Å². The second-order valence-electron chi connectivity index (χ2n) is 6.75. The number of anilines is 1. The molecular weight excluding hydrogens is 274 g/mol. The number of H-pyrrole nitrogens is 1. The van der Waals surface area contributed by atoms with E-state index in [9.17, 15) is 0 Å². The van der Waals surface area contributed by atoms with Crippen LogP contribution in [0.2, 0.25) is 0 Å². The zero-order valence-electron chi connectivity index (χ0n) is 13.1. The van der Waals surface area contributed by atoms with E-state index in [0.717, 1.165) is 31.9 Å². The van der Waals surface area contributed by atoms with E-state index in [4.69, 9.17) is 4.74 Å². The molecule has 0 bridgehead atoms. The van der Waals surface area contributed by atoms with Crippen LogP contribution in [0.5, 0.6) is 0 Å². The fraction of sp³-hybridized carbons (Fsp3) is 0.611. The predicted octanol–water partition coefficient (Wildman–Crippen LogP) is 4.20. The van der Waals surface area contributed by atoms with E-state index >= 15 is 0 Å². The van der Waals surface area contributed by atoms with Gasteiger partial charge < -0.3 is 15.0 Å². The van der Waals surface area contributed by atoms with Crippen LogP contribution in [0.15, 0.2) is 18.3 Å². The minimum absolute atomic E-state index is 0.492.